The van der Waals surface area contributed by atoms with Crippen molar-refractivity contribution in [2.75, 3.05) is 26.8 Å². The van der Waals surface area contributed by atoms with Crippen LogP contribution < -0.4 is 23.7 Å². The predicted molar refractivity (Wildman–Crippen MR) is 125 cm³/mol. The molecule has 4 N–H and O–H groups in total. The molecule has 0 amide bonds. The Kier molecular flexibility index (Phi) is 6.66. The van der Waals surface area contributed by atoms with Gasteiger partial charge in [-0.3, -0.25) is 4.79 Å². The van der Waals surface area contributed by atoms with Gasteiger partial charge in [-0.1, -0.05) is 6.07 Å². The molecular weight excluding hydrogens is 504 g/mol. The molecule has 0 aromatic heterocycles. The minimum atomic E-state index is -1.60. The van der Waals surface area contributed by atoms with Gasteiger partial charge in [0.25, 0.3) is 0 Å². The smallest absolute Gasteiger partial charge is 0.309 e. The van der Waals surface area contributed by atoms with E-state index in [0.29, 0.717) is 35.0 Å². The molecule has 4 aliphatic rings. The van der Waals surface area contributed by atoms with E-state index in [-0.39, 0.29) is 44.3 Å². The highest BCUT2D eigenvalue weighted by atomic mass is 16.7. The molecule has 4 heterocycles. The summed E-state index contributed by atoms with van der Waals surface area (Å²) < 4.78 is 38.7. The Labute approximate surface area is 217 Å². The molecule has 12 heteroatoms. The van der Waals surface area contributed by atoms with E-state index in [1.54, 1.807) is 12.1 Å². The van der Waals surface area contributed by atoms with Gasteiger partial charge in [-0.25, -0.2) is 0 Å². The summed E-state index contributed by atoms with van der Waals surface area (Å²) in [5.41, 5.74) is 1.55. The second kappa shape index (κ2) is 10.1. The standard InChI is InChI=1S/C26H28O12/c27-8-21-22(28)23(29)24(30)26(38-21)37-17-7-20-19(35-11-36-20)6-13(17)5-15-14(9-32-25(15)31)3-12-1-2-16-18(4-12)34-10-33-16/h1-2,4,6-7,14-15,21-24,26-30H,3,5,8-11H2. The molecule has 7 unspecified atom stereocenters. The molecular formula is C26H28O12. The normalized spacial score (nSPS) is 31.4. The van der Waals surface area contributed by atoms with Gasteiger partial charge in [0.1, 0.15) is 30.2 Å². The van der Waals surface area contributed by atoms with Gasteiger partial charge in [-0.05, 0) is 42.2 Å². The maximum atomic E-state index is 12.8. The molecule has 2 aromatic rings. The molecule has 2 aromatic carbocycles. The van der Waals surface area contributed by atoms with E-state index in [1.807, 2.05) is 18.2 Å². The summed E-state index contributed by atoms with van der Waals surface area (Å²) >= 11 is 0. The van der Waals surface area contributed by atoms with Gasteiger partial charge >= 0.3 is 5.97 Å². The Morgan fingerprint density at radius 2 is 1.53 bits per heavy atom. The Morgan fingerprint density at radius 1 is 0.816 bits per heavy atom. The summed E-state index contributed by atoms with van der Waals surface area (Å²) in [6.45, 7) is -0.149. The van der Waals surface area contributed by atoms with E-state index < -0.39 is 43.2 Å². The van der Waals surface area contributed by atoms with Crippen molar-refractivity contribution in [2.24, 2.45) is 11.8 Å². The Bertz CT molecular complexity index is 1200. The molecule has 0 spiro atoms. The van der Waals surface area contributed by atoms with Crippen LogP contribution in [0.15, 0.2) is 30.3 Å². The highest BCUT2D eigenvalue weighted by molar-refractivity contribution is 5.75. The summed E-state index contributed by atoms with van der Waals surface area (Å²) in [5, 5.41) is 40.3. The SMILES string of the molecule is O=C1OCC(Cc2ccc3c(c2)OCO3)C1Cc1cc2c(cc1OC1OC(CO)C(O)C(O)C1O)OCO2. The zero-order chi connectivity index (χ0) is 26.4. The Balaban J connectivity index is 1.25. The number of hydrogen-bond acceptors (Lipinski definition) is 12. The average molecular weight is 532 g/mol. The van der Waals surface area contributed by atoms with Gasteiger partial charge < -0.3 is 53.6 Å². The van der Waals surface area contributed by atoms with E-state index in [2.05, 4.69) is 0 Å². The summed E-state index contributed by atoms with van der Waals surface area (Å²) in [7, 11) is 0. The number of ether oxygens (including phenoxy) is 7. The number of cyclic esters (lactones) is 1. The first-order valence-electron chi connectivity index (χ1n) is 12.4. The number of benzene rings is 2. The number of rotatable bonds is 7. The molecule has 38 heavy (non-hydrogen) atoms. The number of carbonyl (C=O) groups is 1. The number of hydrogen-bond donors (Lipinski definition) is 4. The highest BCUT2D eigenvalue weighted by Gasteiger charge is 2.45. The van der Waals surface area contributed by atoms with Crippen molar-refractivity contribution in [3.8, 4) is 28.7 Å². The fourth-order valence-electron chi connectivity index (χ4n) is 5.19. The first kappa shape index (κ1) is 25.0. The van der Waals surface area contributed by atoms with E-state index in [0.717, 1.165) is 5.56 Å². The largest absolute Gasteiger partial charge is 0.465 e. The van der Waals surface area contributed by atoms with Gasteiger partial charge in [0.05, 0.1) is 19.1 Å². The maximum Gasteiger partial charge on any atom is 0.309 e. The molecule has 204 valence electrons. The molecule has 0 saturated carbocycles. The van der Waals surface area contributed by atoms with Gasteiger partial charge in [-0.2, -0.15) is 0 Å². The minimum absolute atomic E-state index is 0.0104. The van der Waals surface area contributed by atoms with Crippen molar-refractivity contribution in [2.45, 2.75) is 43.5 Å². The number of aliphatic hydroxyl groups excluding tert-OH is 4. The predicted octanol–water partition coefficient (Wildman–Crippen LogP) is -0.103. The maximum absolute atomic E-state index is 12.8. The van der Waals surface area contributed by atoms with Crippen LogP contribution in [-0.4, -0.2) is 83.9 Å². The number of aliphatic hydroxyl groups is 4. The van der Waals surface area contributed by atoms with Crippen LogP contribution in [-0.2, 0) is 27.1 Å². The molecule has 12 nitrogen and oxygen atoms in total. The quantitative estimate of drug-likeness (QED) is 0.351. The number of carbonyl (C=O) groups excluding carboxylic acids is 1. The second-order valence-electron chi connectivity index (χ2n) is 9.72. The van der Waals surface area contributed by atoms with Crippen molar-refractivity contribution >= 4 is 5.97 Å². The van der Waals surface area contributed by atoms with Crippen LogP contribution in [0.1, 0.15) is 11.1 Å². The third-order valence-electron chi connectivity index (χ3n) is 7.33. The highest BCUT2D eigenvalue weighted by Crippen LogP contribution is 2.42. The number of esters is 1. The first-order valence-corrected chi connectivity index (χ1v) is 12.4. The van der Waals surface area contributed by atoms with E-state index in [9.17, 15) is 25.2 Å². The third-order valence-corrected chi connectivity index (χ3v) is 7.33. The lowest BCUT2D eigenvalue weighted by Gasteiger charge is -2.39. The van der Waals surface area contributed by atoms with E-state index >= 15 is 0 Å². The molecule has 2 fully saturated rings. The zero-order valence-electron chi connectivity index (χ0n) is 20.2. The van der Waals surface area contributed by atoms with Crippen LogP contribution in [0.25, 0.3) is 0 Å². The molecule has 0 aliphatic carbocycles. The van der Waals surface area contributed by atoms with Gasteiger partial charge in [-0.15, -0.1) is 0 Å². The van der Waals surface area contributed by atoms with Crippen LogP contribution in [0.5, 0.6) is 28.7 Å². The van der Waals surface area contributed by atoms with Crippen molar-refractivity contribution in [3.63, 3.8) is 0 Å². The van der Waals surface area contributed by atoms with Crippen LogP contribution in [0.2, 0.25) is 0 Å². The zero-order valence-corrected chi connectivity index (χ0v) is 20.2. The summed E-state index contributed by atoms with van der Waals surface area (Å²) in [4.78, 5) is 12.8. The Hall–Kier alpha value is -3.29. The number of fused-ring (bicyclic) bond motifs is 2. The Morgan fingerprint density at radius 3 is 2.29 bits per heavy atom. The molecule has 4 aliphatic heterocycles. The van der Waals surface area contributed by atoms with Gasteiger partial charge in [0.15, 0.2) is 23.0 Å². The van der Waals surface area contributed by atoms with Crippen molar-refractivity contribution in [1.29, 1.82) is 0 Å². The lowest BCUT2D eigenvalue weighted by atomic mass is 9.84. The van der Waals surface area contributed by atoms with Crippen LogP contribution in [0.3, 0.4) is 0 Å². The molecule has 0 bridgehead atoms. The monoisotopic (exact) mass is 532 g/mol. The summed E-state index contributed by atoms with van der Waals surface area (Å²) in [6, 6.07) is 8.93. The van der Waals surface area contributed by atoms with Crippen LogP contribution in [0, 0.1) is 11.8 Å². The lowest BCUT2D eigenvalue weighted by molar-refractivity contribution is -0.277. The summed E-state index contributed by atoms with van der Waals surface area (Å²) in [6.07, 6.45) is -6.44. The fourth-order valence-corrected chi connectivity index (χ4v) is 5.19. The molecule has 6 rings (SSSR count). The van der Waals surface area contributed by atoms with Crippen molar-refractivity contribution in [1.82, 2.24) is 0 Å². The average Bonchev–Trinajstić information content (AvgIpc) is 3.65. The molecule has 2 saturated heterocycles. The van der Waals surface area contributed by atoms with Gasteiger partial charge in [0, 0.05) is 12.0 Å². The lowest BCUT2D eigenvalue weighted by Crippen LogP contribution is -2.60. The van der Waals surface area contributed by atoms with Crippen molar-refractivity contribution < 1.29 is 58.4 Å². The first-order chi connectivity index (χ1) is 18.4. The summed E-state index contributed by atoms with van der Waals surface area (Å²) in [5.74, 6) is 1.48. The van der Waals surface area contributed by atoms with E-state index in [1.165, 1.54) is 0 Å². The molecule has 0 radical (unpaired) electrons. The van der Waals surface area contributed by atoms with E-state index in [4.69, 9.17) is 33.2 Å². The van der Waals surface area contributed by atoms with Crippen LogP contribution >= 0.6 is 0 Å². The van der Waals surface area contributed by atoms with Crippen molar-refractivity contribution in [3.05, 3.63) is 41.5 Å². The molecule has 7 atom stereocenters. The fraction of sp³-hybridized carbons (Fsp3) is 0.500. The third kappa shape index (κ3) is 4.58. The van der Waals surface area contributed by atoms with Gasteiger partial charge in [0.2, 0.25) is 19.9 Å². The minimum Gasteiger partial charge on any atom is -0.465 e. The van der Waals surface area contributed by atoms with Crippen LogP contribution in [0.4, 0.5) is 0 Å². The second-order valence-corrected chi connectivity index (χ2v) is 9.72. The topological polar surface area (TPSA) is 163 Å².